The Bertz CT molecular complexity index is 583. The van der Waals surface area contributed by atoms with Crippen LogP contribution >= 0.6 is 0 Å². The van der Waals surface area contributed by atoms with Crippen molar-refractivity contribution in [2.24, 2.45) is 5.92 Å². The third kappa shape index (κ3) is 4.27. The molecule has 0 bridgehead atoms. The van der Waals surface area contributed by atoms with Gasteiger partial charge in [0, 0.05) is 38.8 Å². The first-order valence-corrected chi connectivity index (χ1v) is 9.66. The number of likely N-dealkylation sites (N-methyl/N-ethyl adjacent to an activating group) is 1. The number of carbonyl (C=O) groups excluding carboxylic acids is 1. The Morgan fingerprint density at radius 2 is 1.80 bits per heavy atom. The van der Waals surface area contributed by atoms with Gasteiger partial charge in [-0.3, -0.25) is 0 Å². The van der Waals surface area contributed by atoms with E-state index in [1.165, 1.54) is 19.3 Å². The lowest BCUT2D eigenvalue weighted by molar-refractivity contribution is 0.0922. The number of benzene rings is 1. The molecule has 5 nitrogen and oxygen atoms in total. The monoisotopic (exact) mass is 344 g/mol. The highest BCUT2D eigenvalue weighted by Gasteiger charge is 2.31. The normalized spacial score (nSPS) is 22.3. The van der Waals surface area contributed by atoms with Crippen LogP contribution in [0.15, 0.2) is 24.3 Å². The molecule has 1 unspecified atom stereocenters. The number of anilines is 2. The minimum absolute atomic E-state index is 0.0382. The second-order valence-corrected chi connectivity index (χ2v) is 7.76. The number of nitrogens with one attached hydrogen (secondary N) is 1. The van der Waals surface area contributed by atoms with Crippen LogP contribution in [-0.4, -0.2) is 61.6 Å². The maximum atomic E-state index is 13.0. The number of carbonyl (C=O) groups is 1. The molecule has 5 heteroatoms. The van der Waals surface area contributed by atoms with Crippen LogP contribution in [0.25, 0.3) is 0 Å². The highest BCUT2D eigenvalue weighted by Crippen LogP contribution is 2.29. The van der Waals surface area contributed by atoms with Crippen LogP contribution in [0.3, 0.4) is 0 Å². The van der Waals surface area contributed by atoms with E-state index in [1.54, 1.807) is 0 Å². The molecule has 3 rings (SSSR count). The predicted molar refractivity (Wildman–Crippen MR) is 104 cm³/mol. The standard InChI is InChI=1S/C20H32N4O/c1-16(2)19-15-22(3)13-14-24(19)20(25)21-17-9-5-6-10-18(17)23-11-7-4-8-12-23/h5-6,9-10,16,19H,4,7-8,11-15H2,1-3H3,(H,21,25). The summed E-state index contributed by atoms with van der Waals surface area (Å²) >= 11 is 0. The number of piperazine rings is 1. The number of hydrogen-bond acceptors (Lipinski definition) is 3. The zero-order chi connectivity index (χ0) is 17.8. The van der Waals surface area contributed by atoms with E-state index < -0.39 is 0 Å². The van der Waals surface area contributed by atoms with Crippen molar-refractivity contribution in [3.63, 3.8) is 0 Å². The zero-order valence-electron chi connectivity index (χ0n) is 15.9. The quantitative estimate of drug-likeness (QED) is 0.912. The van der Waals surface area contributed by atoms with Crippen LogP contribution in [0.2, 0.25) is 0 Å². The number of hydrogen-bond donors (Lipinski definition) is 1. The van der Waals surface area contributed by atoms with Crippen molar-refractivity contribution < 1.29 is 4.79 Å². The average molecular weight is 345 g/mol. The van der Waals surface area contributed by atoms with Gasteiger partial charge in [0.25, 0.3) is 0 Å². The molecule has 2 heterocycles. The summed E-state index contributed by atoms with van der Waals surface area (Å²) < 4.78 is 0. The van der Waals surface area contributed by atoms with Gasteiger partial charge >= 0.3 is 6.03 Å². The summed E-state index contributed by atoms with van der Waals surface area (Å²) in [5.41, 5.74) is 2.10. The first-order valence-electron chi connectivity index (χ1n) is 9.66. The molecule has 0 aliphatic carbocycles. The minimum atomic E-state index is 0.0382. The largest absolute Gasteiger partial charge is 0.370 e. The summed E-state index contributed by atoms with van der Waals surface area (Å²) in [6, 6.07) is 8.53. The maximum Gasteiger partial charge on any atom is 0.322 e. The summed E-state index contributed by atoms with van der Waals surface area (Å²) in [6.07, 6.45) is 3.77. The van der Waals surface area contributed by atoms with E-state index in [0.717, 1.165) is 44.1 Å². The van der Waals surface area contributed by atoms with Crippen LogP contribution in [0.4, 0.5) is 16.2 Å². The van der Waals surface area contributed by atoms with Crippen molar-refractivity contribution >= 4 is 17.4 Å². The van der Waals surface area contributed by atoms with E-state index in [0.29, 0.717) is 5.92 Å². The van der Waals surface area contributed by atoms with Crippen LogP contribution < -0.4 is 10.2 Å². The number of urea groups is 1. The van der Waals surface area contributed by atoms with E-state index >= 15 is 0 Å². The minimum Gasteiger partial charge on any atom is -0.370 e. The van der Waals surface area contributed by atoms with Gasteiger partial charge in [0.2, 0.25) is 0 Å². The predicted octanol–water partition coefficient (Wildman–Crippen LogP) is 3.48. The number of rotatable bonds is 3. The van der Waals surface area contributed by atoms with Crippen LogP contribution in [0.5, 0.6) is 0 Å². The molecule has 0 spiro atoms. The lowest BCUT2D eigenvalue weighted by Gasteiger charge is -2.42. The van der Waals surface area contributed by atoms with Gasteiger partial charge in [0.15, 0.2) is 0 Å². The molecule has 0 saturated carbocycles. The van der Waals surface area contributed by atoms with Gasteiger partial charge in [-0.25, -0.2) is 4.79 Å². The Labute approximate surface area is 152 Å². The smallest absolute Gasteiger partial charge is 0.322 e. The molecule has 2 amide bonds. The summed E-state index contributed by atoms with van der Waals surface area (Å²) in [7, 11) is 2.14. The van der Waals surface area contributed by atoms with E-state index in [2.05, 4.69) is 48.1 Å². The molecule has 2 aliphatic rings. The molecule has 1 aromatic rings. The fourth-order valence-electron chi connectivity index (χ4n) is 3.95. The van der Waals surface area contributed by atoms with Gasteiger partial charge in [-0.05, 0) is 44.4 Å². The Morgan fingerprint density at radius 1 is 1.08 bits per heavy atom. The summed E-state index contributed by atoms with van der Waals surface area (Å²) in [5, 5.41) is 3.20. The number of nitrogens with zero attached hydrogens (tertiary/aromatic N) is 3. The molecule has 2 fully saturated rings. The van der Waals surface area contributed by atoms with Crippen LogP contribution in [-0.2, 0) is 0 Å². The van der Waals surface area contributed by atoms with E-state index in [9.17, 15) is 4.79 Å². The summed E-state index contributed by atoms with van der Waals surface area (Å²) in [4.78, 5) is 19.7. The first-order chi connectivity index (χ1) is 12.1. The Kier molecular flexibility index (Phi) is 5.84. The lowest BCUT2D eigenvalue weighted by atomic mass is 10.0. The van der Waals surface area contributed by atoms with Gasteiger partial charge in [-0.15, -0.1) is 0 Å². The van der Waals surface area contributed by atoms with Gasteiger partial charge in [0.05, 0.1) is 11.4 Å². The van der Waals surface area contributed by atoms with Crippen molar-refractivity contribution in [3.8, 4) is 0 Å². The first kappa shape index (κ1) is 18.1. The van der Waals surface area contributed by atoms with Crippen molar-refractivity contribution in [3.05, 3.63) is 24.3 Å². The third-order valence-electron chi connectivity index (χ3n) is 5.49. The Balaban J connectivity index is 1.74. The number of para-hydroxylation sites is 2. The Morgan fingerprint density at radius 3 is 2.52 bits per heavy atom. The molecule has 1 aromatic carbocycles. The fourth-order valence-corrected chi connectivity index (χ4v) is 3.95. The number of piperidine rings is 1. The molecule has 2 saturated heterocycles. The molecule has 2 aliphatic heterocycles. The van der Waals surface area contributed by atoms with Crippen molar-refractivity contribution in [2.45, 2.75) is 39.2 Å². The van der Waals surface area contributed by atoms with Crippen LogP contribution in [0.1, 0.15) is 33.1 Å². The van der Waals surface area contributed by atoms with E-state index in [-0.39, 0.29) is 12.1 Å². The summed E-state index contributed by atoms with van der Waals surface area (Å²) in [6.45, 7) is 9.23. The Hall–Kier alpha value is -1.75. The van der Waals surface area contributed by atoms with Gasteiger partial charge in [-0.2, -0.15) is 0 Å². The lowest BCUT2D eigenvalue weighted by Crippen LogP contribution is -2.57. The molecule has 0 aromatic heterocycles. The highest BCUT2D eigenvalue weighted by atomic mass is 16.2. The van der Waals surface area contributed by atoms with E-state index in [1.807, 2.05) is 17.0 Å². The molecular formula is C20H32N4O. The molecule has 1 atom stereocenters. The van der Waals surface area contributed by atoms with Crippen LogP contribution in [0, 0.1) is 5.92 Å². The molecule has 1 N–H and O–H groups in total. The maximum absolute atomic E-state index is 13.0. The molecule has 138 valence electrons. The second-order valence-electron chi connectivity index (χ2n) is 7.76. The van der Waals surface area contributed by atoms with Gasteiger partial charge < -0.3 is 20.0 Å². The molecule has 25 heavy (non-hydrogen) atoms. The number of amides is 2. The molecule has 0 radical (unpaired) electrons. The van der Waals surface area contributed by atoms with Gasteiger partial charge in [-0.1, -0.05) is 26.0 Å². The van der Waals surface area contributed by atoms with Crippen molar-refractivity contribution in [2.75, 3.05) is 50.0 Å². The topological polar surface area (TPSA) is 38.8 Å². The van der Waals surface area contributed by atoms with Gasteiger partial charge in [0.1, 0.15) is 0 Å². The van der Waals surface area contributed by atoms with E-state index in [4.69, 9.17) is 0 Å². The van der Waals surface area contributed by atoms with Crippen molar-refractivity contribution in [1.82, 2.24) is 9.80 Å². The fraction of sp³-hybridized carbons (Fsp3) is 0.650. The zero-order valence-corrected chi connectivity index (χ0v) is 15.9. The SMILES string of the molecule is CC(C)C1CN(C)CCN1C(=O)Nc1ccccc1N1CCCCC1. The second kappa shape index (κ2) is 8.09. The average Bonchev–Trinajstić information content (AvgIpc) is 2.62. The summed E-state index contributed by atoms with van der Waals surface area (Å²) in [5.74, 6) is 0.450. The third-order valence-corrected chi connectivity index (χ3v) is 5.49. The molecular weight excluding hydrogens is 312 g/mol. The highest BCUT2D eigenvalue weighted by molar-refractivity contribution is 5.93. The van der Waals surface area contributed by atoms with Crippen molar-refractivity contribution in [1.29, 1.82) is 0 Å².